The van der Waals surface area contributed by atoms with Crippen molar-refractivity contribution >= 4 is 47.3 Å². The standard InChI is InChI=1S/C25H22ClN5O2/c1-4-18-8-13-24(27-15-18)29-25(33)22-14-20(26)9-12-23(22)31(17-32)21-10-6-19(7-11-21)16-28-30(3)5-2/h1,6-17H,5H2,2-3H3,(H,27,29,33). The van der Waals surface area contributed by atoms with E-state index in [9.17, 15) is 9.59 Å². The van der Waals surface area contributed by atoms with Gasteiger partial charge in [-0.3, -0.25) is 14.5 Å². The van der Waals surface area contributed by atoms with Crippen LogP contribution in [0.2, 0.25) is 5.02 Å². The van der Waals surface area contributed by atoms with Crippen LogP contribution in [0.25, 0.3) is 0 Å². The minimum absolute atomic E-state index is 0.215. The van der Waals surface area contributed by atoms with E-state index in [0.29, 0.717) is 34.2 Å². The number of rotatable bonds is 8. The van der Waals surface area contributed by atoms with Crippen LogP contribution in [0.5, 0.6) is 0 Å². The molecular weight excluding hydrogens is 438 g/mol. The van der Waals surface area contributed by atoms with Crippen LogP contribution in [0.3, 0.4) is 0 Å². The Labute approximate surface area is 197 Å². The number of nitrogens with zero attached hydrogens (tertiary/aromatic N) is 4. The van der Waals surface area contributed by atoms with Crippen LogP contribution in [-0.2, 0) is 4.79 Å². The van der Waals surface area contributed by atoms with Gasteiger partial charge in [0, 0.05) is 36.1 Å². The Balaban J connectivity index is 1.89. The van der Waals surface area contributed by atoms with Gasteiger partial charge in [0.05, 0.1) is 17.5 Å². The van der Waals surface area contributed by atoms with Crippen LogP contribution < -0.4 is 10.2 Å². The summed E-state index contributed by atoms with van der Waals surface area (Å²) in [5, 5.41) is 9.17. The number of hydrogen-bond donors (Lipinski definition) is 1. The summed E-state index contributed by atoms with van der Waals surface area (Å²) in [5.74, 6) is 2.32. The van der Waals surface area contributed by atoms with E-state index < -0.39 is 5.91 Å². The molecule has 3 aromatic rings. The minimum atomic E-state index is -0.466. The lowest BCUT2D eigenvalue weighted by Crippen LogP contribution is -2.21. The van der Waals surface area contributed by atoms with E-state index in [2.05, 4.69) is 21.3 Å². The second-order valence-corrected chi connectivity index (χ2v) is 7.41. The molecule has 0 atom stereocenters. The highest BCUT2D eigenvalue weighted by Crippen LogP contribution is 2.30. The van der Waals surface area contributed by atoms with Crippen molar-refractivity contribution in [3.05, 3.63) is 82.5 Å². The molecule has 166 valence electrons. The molecule has 1 aromatic heterocycles. The van der Waals surface area contributed by atoms with E-state index in [1.807, 2.05) is 26.1 Å². The van der Waals surface area contributed by atoms with E-state index in [-0.39, 0.29) is 5.56 Å². The molecular formula is C25H22ClN5O2. The highest BCUT2D eigenvalue weighted by Gasteiger charge is 2.19. The lowest BCUT2D eigenvalue weighted by atomic mass is 10.1. The van der Waals surface area contributed by atoms with Gasteiger partial charge in [0.1, 0.15) is 5.82 Å². The first-order chi connectivity index (χ1) is 15.9. The molecule has 0 saturated carbocycles. The predicted octanol–water partition coefficient (Wildman–Crippen LogP) is 4.55. The lowest BCUT2D eigenvalue weighted by Gasteiger charge is -2.21. The molecule has 0 aliphatic heterocycles. The number of hydrazone groups is 1. The van der Waals surface area contributed by atoms with Crippen LogP contribution in [0.1, 0.15) is 28.4 Å². The maximum Gasteiger partial charge on any atom is 0.259 e. The number of anilines is 3. The van der Waals surface area contributed by atoms with Gasteiger partial charge in [0.25, 0.3) is 5.91 Å². The highest BCUT2D eigenvalue weighted by atomic mass is 35.5. The maximum absolute atomic E-state index is 13.0. The zero-order valence-corrected chi connectivity index (χ0v) is 19.0. The second kappa shape index (κ2) is 10.9. The molecule has 8 heteroatoms. The Kier molecular flexibility index (Phi) is 7.79. The number of terminal acetylenes is 1. The van der Waals surface area contributed by atoms with Gasteiger partial charge in [0.15, 0.2) is 0 Å². The van der Waals surface area contributed by atoms with Gasteiger partial charge in [-0.1, -0.05) is 29.7 Å². The fourth-order valence-corrected chi connectivity index (χ4v) is 3.03. The molecule has 0 aliphatic carbocycles. The zero-order valence-electron chi connectivity index (χ0n) is 18.2. The van der Waals surface area contributed by atoms with Crippen LogP contribution in [-0.4, -0.2) is 42.1 Å². The number of carbonyl (C=O) groups excluding carboxylic acids is 2. The van der Waals surface area contributed by atoms with E-state index in [4.69, 9.17) is 18.0 Å². The first-order valence-corrected chi connectivity index (χ1v) is 10.5. The lowest BCUT2D eigenvalue weighted by molar-refractivity contribution is -0.106. The normalized spacial score (nSPS) is 10.5. The monoisotopic (exact) mass is 459 g/mol. The van der Waals surface area contributed by atoms with Crippen molar-refractivity contribution < 1.29 is 9.59 Å². The van der Waals surface area contributed by atoms with Gasteiger partial charge < -0.3 is 10.3 Å². The van der Waals surface area contributed by atoms with Gasteiger partial charge in [0.2, 0.25) is 6.41 Å². The average Bonchev–Trinajstić information content (AvgIpc) is 2.84. The summed E-state index contributed by atoms with van der Waals surface area (Å²) in [4.78, 5) is 30.5. The van der Waals surface area contributed by atoms with Gasteiger partial charge in [-0.15, -0.1) is 6.42 Å². The van der Waals surface area contributed by atoms with E-state index in [1.54, 1.807) is 47.6 Å². The second-order valence-electron chi connectivity index (χ2n) is 6.98. The fraction of sp³-hybridized carbons (Fsp3) is 0.120. The number of aromatic nitrogens is 1. The molecule has 3 rings (SSSR count). The Bertz CT molecular complexity index is 1200. The Hall–Kier alpha value is -4.15. The van der Waals surface area contributed by atoms with Crippen LogP contribution in [0.4, 0.5) is 17.2 Å². The number of nitrogens with one attached hydrogen (secondary N) is 1. The summed E-state index contributed by atoms with van der Waals surface area (Å²) in [6.45, 7) is 2.79. The molecule has 2 amide bonds. The number of carbonyl (C=O) groups is 2. The zero-order chi connectivity index (χ0) is 23.8. The van der Waals surface area contributed by atoms with Gasteiger partial charge in [-0.05, 0) is 55.0 Å². The molecule has 1 heterocycles. The Morgan fingerprint density at radius 1 is 1.21 bits per heavy atom. The number of benzene rings is 2. The number of pyridine rings is 1. The summed E-state index contributed by atoms with van der Waals surface area (Å²) in [5.41, 5.74) is 2.64. The molecule has 0 saturated heterocycles. The van der Waals surface area contributed by atoms with Crippen molar-refractivity contribution in [2.45, 2.75) is 6.92 Å². The third-order valence-corrected chi connectivity index (χ3v) is 5.01. The third-order valence-electron chi connectivity index (χ3n) is 4.77. The smallest absolute Gasteiger partial charge is 0.259 e. The fourth-order valence-electron chi connectivity index (χ4n) is 2.86. The van der Waals surface area contributed by atoms with Crippen molar-refractivity contribution in [3.8, 4) is 12.3 Å². The van der Waals surface area contributed by atoms with Gasteiger partial charge >= 0.3 is 0 Å². The summed E-state index contributed by atoms with van der Waals surface area (Å²) < 4.78 is 0. The number of hydrogen-bond acceptors (Lipinski definition) is 5. The minimum Gasteiger partial charge on any atom is -0.306 e. The van der Waals surface area contributed by atoms with Crippen molar-refractivity contribution in [1.29, 1.82) is 0 Å². The van der Waals surface area contributed by atoms with Crippen molar-refractivity contribution in [2.24, 2.45) is 5.10 Å². The molecule has 0 radical (unpaired) electrons. The van der Waals surface area contributed by atoms with Crippen LogP contribution in [0, 0.1) is 12.3 Å². The number of amides is 2. The van der Waals surface area contributed by atoms with Gasteiger partial charge in [-0.25, -0.2) is 4.98 Å². The molecule has 0 aliphatic rings. The third kappa shape index (κ3) is 5.97. The summed E-state index contributed by atoms with van der Waals surface area (Å²) in [7, 11) is 1.88. The summed E-state index contributed by atoms with van der Waals surface area (Å²) >= 11 is 6.15. The first-order valence-electron chi connectivity index (χ1n) is 10.1. The SMILES string of the molecule is C#Cc1ccc(NC(=O)c2cc(Cl)ccc2N(C=O)c2ccc(C=NN(C)CC)cc2)nc1. The largest absolute Gasteiger partial charge is 0.306 e. The maximum atomic E-state index is 13.0. The number of halogens is 1. The molecule has 1 N–H and O–H groups in total. The predicted molar refractivity (Wildman–Crippen MR) is 132 cm³/mol. The highest BCUT2D eigenvalue weighted by molar-refractivity contribution is 6.31. The van der Waals surface area contributed by atoms with E-state index >= 15 is 0 Å². The summed E-state index contributed by atoms with van der Waals surface area (Å²) in [6, 6.07) is 15.2. The quantitative estimate of drug-likeness (QED) is 0.232. The molecule has 7 nitrogen and oxygen atoms in total. The Morgan fingerprint density at radius 2 is 1.97 bits per heavy atom. The topological polar surface area (TPSA) is 77.9 Å². The van der Waals surface area contributed by atoms with Gasteiger partial charge in [-0.2, -0.15) is 5.10 Å². The first kappa shape index (κ1) is 23.5. The van der Waals surface area contributed by atoms with Crippen molar-refractivity contribution in [1.82, 2.24) is 9.99 Å². The average molecular weight is 460 g/mol. The molecule has 33 heavy (non-hydrogen) atoms. The molecule has 0 spiro atoms. The molecule has 2 aromatic carbocycles. The van der Waals surface area contributed by atoms with Crippen LogP contribution in [0.15, 0.2) is 65.9 Å². The Morgan fingerprint density at radius 3 is 2.58 bits per heavy atom. The molecule has 0 fully saturated rings. The molecule has 0 unspecified atom stereocenters. The van der Waals surface area contributed by atoms with Crippen molar-refractivity contribution in [3.63, 3.8) is 0 Å². The molecule has 0 bridgehead atoms. The van der Waals surface area contributed by atoms with Crippen molar-refractivity contribution in [2.75, 3.05) is 23.8 Å². The van der Waals surface area contributed by atoms with Crippen LogP contribution >= 0.6 is 11.6 Å². The summed E-state index contributed by atoms with van der Waals surface area (Å²) in [6.07, 6.45) is 9.20. The van der Waals surface area contributed by atoms with E-state index in [1.165, 1.54) is 17.2 Å². The van der Waals surface area contributed by atoms with E-state index in [0.717, 1.165) is 12.1 Å².